The first-order valence-corrected chi connectivity index (χ1v) is 23.3. The summed E-state index contributed by atoms with van der Waals surface area (Å²) in [4.78, 5) is 14.8. The van der Waals surface area contributed by atoms with E-state index in [1.165, 1.54) is 50.1 Å². The molecule has 0 saturated carbocycles. The molecule has 0 bridgehead atoms. The maximum atomic E-state index is 5.18. The number of hydrogen-bond acceptors (Lipinski definition) is 3. The summed E-state index contributed by atoms with van der Waals surface area (Å²) in [6, 6.07) is 78.9. The summed E-state index contributed by atoms with van der Waals surface area (Å²) in [6.45, 7) is 4.46. The van der Waals surface area contributed by atoms with E-state index < -0.39 is 0 Å². The van der Waals surface area contributed by atoms with E-state index in [9.17, 15) is 0 Å². The number of rotatable bonds is 14. The van der Waals surface area contributed by atoms with E-state index in [2.05, 4.69) is 190 Å². The van der Waals surface area contributed by atoms with Gasteiger partial charge in [-0.15, -0.1) is 107 Å². The van der Waals surface area contributed by atoms with Gasteiger partial charge in [0.25, 0.3) is 0 Å². The molecule has 0 N–H and O–H groups in total. The van der Waals surface area contributed by atoms with Crippen LogP contribution >= 0.6 is 0 Å². The zero-order valence-electron chi connectivity index (χ0n) is 38.3. The maximum absolute atomic E-state index is 5.18. The van der Waals surface area contributed by atoms with E-state index in [-0.39, 0.29) is 20.1 Å². The second-order valence-corrected chi connectivity index (χ2v) is 17.5. The summed E-state index contributed by atoms with van der Waals surface area (Å²) in [5.41, 5.74) is 21.3. The molecule has 0 radical (unpaired) electrons. The van der Waals surface area contributed by atoms with E-state index in [1.807, 2.05) is 54.9 Å². The Labute approximate surface area is 415 Å². The van der Waals surface area contributed by atoms with Crippen molar-refractivity contribution < 1.29 is 20.1 Å². The van der Waals surface area contributed by atoms with Crippen LogP contribution in [0.15, 0.2) is 213 Å². The molecule has 4 heteroatoms. The number of pyridine rings is 3. The Morgan fingerprint density at radius 1 is 0.353 bits per heavy atom. The van der Waals surface area contributed by atoms with Crippen LogP contribution < -0.4 is 0 Å². The molecule has 0 fully saturated rings. The first-order valence-electron chi connectivity index (χ1n) is 23.3. The maximum Gasteiger partial charge on any atom is 3.00 e. The van der Waals surface area contributed by atoms with Crippen LogP contribution in [0, 0.1) is 18.2 Å². The molecule has 68 heavy (non-hydrogen) atoms. The topological polar surface area (TPSA) is 38.7 Å². The van der Waals surface area contributed by atoms with Crippen molar-refractivity contribution in [3.8, 4) is 78.3 Å². The van der Waals surface area contributed by atoms with Crippen molar-refractivity contribution >= 4 is 0 Å². The van der Waals surface area contributed by atoms with E-state index in [4.69, 9.17) is 15.0 Å². The van der Waals surface area contributed by atoms with E-state index in [0.29, 0.717) is 5.92 Å². The summed E-state index contributed by atoms with van der Waals surface area (Å²) >= 11 is 0. The molecule has 0 saturated heterocycles. The summed E-state index contributed by atoms with van der Waals surface area (Å²) in [5, 5.41) is 0. The second kappa shape index (κ2) is 21.5. The van der Waals surface area contributed by atoms with Crippen LogP contribution in [0.25, 0.3) is 78.3 Å². The fourth-order valence-electron chi connectivity index (χ4n) is 8.84. The van der Waals surface area contributed by atoms with Crippen LogP contribution in [0.3, 0.4) is 0 Å². The van der Waals surface area contributed by atoms with E-state index >= 15 is 0 Å². The second-order valence-electron chi connectivity index (χ2n) is 17.5. The molecule has 0 unspecified atom stereocenters. The fourth-order valence-corrected chi connectivity index (χ4v) is 8.84. The van der Waals surface area contributed by atoms with Crippen LogP contribution in [0.4, 0.5) is 0 Å². The molecule has 7 aromatic carbocycles. The van der Waals surface area contributed by atoms with Gasteiger partial charge in [-0.3, -0.25) is 0 Å². The Hall–Kier alpha value is -7.36. The zero-order chi connectivity index (χ0) is 45.4. The standard InChI is InChI=1S/C64H50N3.Ir/c1-45(2)55-21-14-22-56(40-55)64-41-60(52-33-31-51(32-34-52)50-15-6-3-7-16-50)61(44-67-64)59-24-13-12-23-58(59)57-38-48(27-25-46-29-35-62(65-42-46)53-17-8-4-9-18-53)37-49(39-57)28-26-47-30-36-63(66-43-47)54-19-10-5-11-20-54;/h3-17,19,21,23-24,29-45H,25-28H2,1-2H3;/q-3;+3. The molecule has 330 valence electrons. The number of nitrogens with zero attached hydrogens (tertiary/aromatic N) is 3. The van der Waals surface area contributed by atoms with E-state index in [0.717, 1.165) is 81.7 Å². The van der Waals surface area contributed by atoms with Crippen molar-refractivity contribution in [2.75, 3.05) is 0 Å². The molecule has 3 nitrogen and oxygen atoms in total. The Morgan fingerprint density at radius 2 is 0.882 bits per heavy atom. The molecule has 0 aliphatic carbocycles. The first-order chi connectivity index (χ1) is 33.0. The van der Waals surface area contributed by atoms with Gasteiger partial charge in [0.2, 0.25) is 0 Å². The van der Waals surface area contributed by atoms with Gasteiger partial charge in [-0.25, -0.2) is 0 Å². The Morgan fingerprint density at radius 3 is 1.46 bits per heavy atom. The summed E-state index contributed by atoms with van der Waals surface area (Å²) in [7, 11) is 0. The molecule has 0 spiro atoms. The third kappa shape index (κ3) is 10.7. The van der Waals surface area contributed by atoms with Gasteiger partial charge >= 0.3 is 20.1 Å². The minimum atomic E-state index is 0. The van der Waals surface area contributed by atoms with Crippen LogP contribution in [0.5, 0.6) is 0 Å². The van der Waals surface area contributed by atoms with Gasteiger partial charge in [0.05, 0.1) is 0 Å². The summed E-state index contributed by atoms with van der Waals surface area (Å²) in [6.07, 6.45) is 9.62. The summed E-state index contributed by atoms with van der Waals surface area (Å²) < 4.78 is 0. The predicted octanol–water partition coefficient (Wildman–Crippen LogP) is 15.6. The molecule has 0 aliphatic heterocycles. The van der Waals surface area contributed by atoms with E-state index in [1.54, 1.807) is 0 Å². The van der Waals surface area contributed by atoms with Crippen LogP contribution in [0.1, 0.15) is 47.6 Å². The normalized spacial score (nSPS) is 11.0. The first kappa shape index (κ1) is 45.8. The fraction of sp³-hybridized carbons (Fsp3) is 0.109. The largest absolute Gasteiger partial charge is 3.00 e. The molecular weight excluding hydrogens is 1000 g/mol. The molecule has 0 aliphatic rings. The van der Waals surface area contributed by atoms with Gasteiger partial charge in [0, 0.05) is 24.2 Å². The Balaban J connectivity index is 0.00000578. The Bertz CT molecular complexity index is 3120. The van der Waals surface area contributed by atoms with Gasteiger partial charge in [-0.2, -0.15) is 0 Å². The average molecular weight is 1050 g/mol. The van der Waals surface area contributed by atoms with Crippen molar-refractivity contribution in [3.63, 3.8) is 0 Å². The molecule has 0 amide bonds. The molecule has 10 rings (SSSR count). The van der Waals surface area contributed by atoms with Gasteiger partial charge in [-0.05, 0) is 110 Å². The van der Waals surface area contributed by atoms with Crippen molar-refractivity contribution in [1.82, 2.24) is 15.0 Å². The zero-order valence-corrected chi connectivity index (χ0v) is 40.7. The van der Waals surface area contributed by atoms with Crippen molar-refractivity contribution in [2.24, 2.45) is 0 Å². The number of aromatic nitrogens is 3. The number of benzene rings is 7. The molecule has 3 heterocycles. The van der Waals surface area contributed by atoms with Gasteiger partial charge in [0.15, 0.2) is 0 Å². The van der Waals surface area contributed by atoms with Crippen molar-refractivity contribution in [2.45, 2.75) is 45.4 Å². The third-order valence-corrected chi connectivity index (χ3v) is 12.6. The minimum Gasteiger partial charge on any atom is -0.304 e. The smallest absolute Gasteiger partial charge is 0.304 e. The molecule has 0 atom stereocenters. The SMILES string of the molecule is CC(C)c1cc[c-]c(-c2cc(-c3ccc(-c4ccccc4)cc3)c(-c3ccccc3-c3cc(CCc4ccc(-c5[c-]cccc5)nc4)cc(CCc4ccc(-c5[c-]cccc5)nc4)c3)cn2)c1.[Ir+3]. The minimum absolute atomic E-state index is 0. The predicted molar refractivity (Wildman–Crippen MR) is 276 cm³/mol. The average Bonchev–Trinajstić information content (AvgIpc) is 3.40. The van der Waals surface area contributed by atoms with Gasteiger partial charge in [-0.1, -0.05) is 141 Å². The third-order valence-electron chi connectivity index (χ3n) is 12.6. The van der Waals surface area contributed by atoms with Crippen LogP contribution in [-0.2, 0) is 45.8 Å². The van der Waals surface area contributed by atoms with Crippen molar-refractivity contribution in [3.05, 3.63) is 259 Å². The quantitative estimate of drug-likeness (QED) is 0.102. The number of hydrogen-bond donors (Lipinski definition) is 0. The molecule has 3 aromatic heterocycles. The Kier molecular flexibility index (Phi) is 14.5. The monoisotopic (exact) mass is 1050 g/mol. The van der Waals surface area contributed by atoms with Crippen LogP contribution in [-0.4, -0.2) is 15.0 Å². The van der Waals surface area contributed by atoms with Gasteiger partial charge < -0.3 is 15.0 Å². The van der Waals surface area contributed by atoms with Crippen LogP contribution in [0.2, 0.25) is 0 Å². The van der Waals surface area contributed by atoms with Gasteiger partial charge in [0.1, 0.15) is 0 Å². The van der Waals surface area contributed by atoms with Crippen molar-refractivity contribution in [1.29, 1.82) is 0 Å². The molecule has 10 aromatic rings. The molecular formula is C64H50IrN3. The summed E-state index contributed by atoms with van der Waals surface area (Å²) in [5.74, 6) is 0.399. The number of aryl methyl sites for hydroxylation is 4.